The molecule has 1 amide bonds. The van der Waals surface area contributed by atoms with Crippen molar-refractivity contribution in [1.82, 2.24) is 5.32 Å². The Morgan fingerprint density at radius 3 is 2.30 bits per heavy atom. The van der Waals surface area contributed by atoms with Gasteiger partial charge in [0, 0.05) is 0 Å². The highest BCUT2D eigenvalue weighted by atomic mass is 16.4. The molecule has 1 fully saturated rings. The molecular formula is C16H21NO3. The Morgan fingerprint density at radius 2 is 1.85 bits per heavy atom. The van der Waals surface area contributed by atoms with Gasteiger partial charge in [0.25, 0.3) is 0 Å². The highest BCUT2D eigenvalue weighted by molar-refractivity contribution is 5.86. The fourth-order valence-electron chi connectivity index (χ4n) is 2.56. The molecule has 1 aromatic carbocycles. The van der Waals surface area contributed by atoms with E-state index >= 15 is 0 Å². The van der Waals surface area contributed by atoms with Crippen molar-refractivity contribution in [3.8, 4) is 0 Å². The van der Waals surface area contributed by atoms with Crippen molar-refractivity contribution in [1.29, 1.82) is 0 Å². The molecule has 0 spiro atoms. The van der Waals surface area contributed by atoms with E-state index < -0.39 is 11.9 Å². The van der Waals surface area contributed by atoms with Gasteiger partial charge in [0.05, 0.1) is 17.9 Å². The molecular weight excluding hydrogens is 254 g/mol. The molecule has 0 bridgehead atoms. The number of nitrogens with one attached hydrogen (secondary N) is 1. The van der Waals surface area contributed by atoms with Gasteiger partial charge in [0.15, 0.2) is 0 Å². The number of amides is 1. The van der Waals surface area contributed by atoms with Crippen molar-refractivity contribution in [2.24, 2.45) is 11.8 Å². The first kappa shape index (κ1) is 14.6. The molecule has 0 aliphatic heterocycles. The first-order valence-electron chi connectivity index (χ1n) is 7.15. The van der Waals surface area contributed by atoms with Crippen molar-refractivity contribution in [3.05, 3.63) is 35.4 Å². The zero-order chi connectivity index (χ0) is 14.7. The molecule has 0 saturated heterocycles. The molecule has 0 radical (unpaired) electrons. The topological polar surface area (TPSA) is 66.4 Å². The number of carbonyl (C=O) groups is 2. The Kier molecular flexibility index (Phi) is 4.42. The lowest BCUT2D eigenvalue weighted by Gasteiger charge is -2.33. The van der Waals surface area contributed by atoms with Crippen LogP contribution >= 0.6 is 0 Å². The van der Waals surface area contributed by atoms with Crippen molar-refractivity contribution < 1.29 is 14.7 Å². The van der Waals surface area contributed by atoms with Crippen LogP contribution in [0.4, 0.5) is 0 Å². The number of benzene rings is 1. The van der Waals surface area contributed by atoms with E-state index in [1.807, 2.05) is 19.1 Å². The van der Waals surface area contributed by atoms with Gasteiger partial charge in [-0.05, 0) is 37.3 Å². The second-order valence-corrected chi connectivity index (χ2v) is 5.45. The van der Waals surface area contributed by atoms with Gasteiger partial charge >= 0.3 is 5.97 Å². The van der Waals surface area contributed by atoms with E-state index in [1.54, 1.807) is 0 Å². The third-order valence-corrected chi connectivity index (χ3v) is 4.18. The summed E-state index contributed by atoms with van der Waals surface area (Å²) >= 11 is 0. The van der Waals surface area contributed by atoms with E-state index in [0.29, 0.717) is 12.8 Å². The Bertz CT molecular complexity index is 495. The van der Waals surface area contributed by atoms with Crippen LogP contribution in [-0.4, -0.2) is 17.0 Å². The highest BCUT2D eigenvalue weighted by Crippen LogP contribution is 2.35. The second kappa shape index (κ2) is 6.07. The van der Waals surface area contributed by atoms with Crippen LogP contribution in [0.3, 0.4) is 0 Å². The number of hydrogen-bond acceptors (Lipinski definition) is 2. The lowest BCUT2D eigenvalue weighted by atomic mass is 9.73. The lowest BCUT2D eigenvalue weighted by Crippen LogP contribution is -2.44. The van der Waals surface area contributed by atoms with Crippen LogP contribution in [0.2, 0.25) is 0 Å². The summed E-state index contributed by atoms with van der Waals surface area (Å²) in [4.78, 5) is 23.0. The third kappa shape index (κ3) is 3.00. The molecule has 1 aromatic rings. The normalized spacial score (nSPS) is 22.7. The Labute approximate surface area is 119 Å². The molecule has 0 aromatic heterocycles. The number of rotatable bonds is 5. The molecule has 1 aliphatic carbocycles. The summed E-state index contributed by atoms with van der Waals surface area (Å²) in [6.07, 6.45) is 2.26. The second-order valence-electron chi connectivity index (χ2n) is 5.45. The molecule has 108 valence electrons. The number of aryl methyl sites for hydroxylation is 1. The SMILES string of the molecule is CCc1ccc(C(C)NC(=O)C2CCC2C(=O)O)cc1. The zero-order valence-electron chi connectivity index (χ0n) is 11.9. The van der Waals surface area contributed by atoms with E-state index in [-0.39, 0.29) is 17.9 Å². The van der Waals surface area contributed by atoms with Crippen LogP contribution in [0.15, 0.2) is 24.3 Å². The smallest absolute Gasteiger partial charge is 0.307 e. The number of aliphatic carboxylic acids is 1. The van der Waals surface area contributed by atoms with Gasteiger partial charge in [-0.25, -0.2) is 0 Å². The summed E-state index contributed by atoms with van der Waals surface area (Å²) in [5.41, 5.74) is 2.30. The number of carboxylic acids is 1. The number of hydrogen-bond donors (Lipinski definition) is 2. The molecule has 3 unspecified atom stereocenters. The first-order valence-corrected chi connectivity index (χ1v) is 7.15. The van der Waals surface area contributed by atoms with Gasteiger partial charge in [-0.2, -0.15) is 0 Å². The van der Waals surface area contributed by atoms with E-state index in [9.17, 15) is 9.59 Å². The Hall–Kier alpha value is -1.84. The largest absolute Gasteiger partial charge is 0.481 e. The molecule has 2 N–H and O–H groups in total. The molecule has 4 nitrogen and oxygen atoms in total. The van der Waals surface area contributed by atoms with E-state index in [0.717, 1.165) is 12.0 Å². The van der Waals surface area contributed by atoms with E-state index in [1.165, 1.54) is 5.56 Å². The molecule has 3 atom stereocenters. The van der Waals surface area contributed by atoms with E-state index in [4.69, 9.17) is 5.11 Å². The van der Waals surface area contributed by atoms with Crippen molar-refractivity contribution >= 4 is 11.9 Å². The summed E-state index contributed by atoms with van der Waals surface area (Å²) in [7, 11) is 0. The molecule has 1 aliphatic rings. The van der Waals surface area contributed by atoms with Crippen LogP contribution in [0.25, 0.3) is 0 Å². The fraction of sp³-hybridized carbons (Fsp3) is 0.500. The first-order chi connectivity index (χ1) is 9.52. The van der Waals surface area contributed by atoms with Crippen molar-refractivity contribution in [2.75, 3.05) is 0 Å². The summed E-state index contributed by atoms with van der Waals surface area (Å²) in [5, 5.41) is 11.9. The fourth-order valence-corrected chi connectivity index (χ4v) is 2.56. The minimum absolute atomic E-state index is 0.0940. The van der Waals surface area contributed by atoms with E-state index in [2.05, 4.69) is 24.4 Å². The minimum atomic E-state index is -0.864. The predicted octanol–water partition coefficient (Wildman–Crippen LogP) is 2.54. The molecule has 20 heavy (non-hydrogen) atoms. The van der Waals surface area contributed by atoms with Gasteiger partial charge in [-0.3, -0.25) is 9.59 Å². The predicted molar refractivity (Wildman–Crippen MR) is 76.2 cm³/mol. The Morgan fingerprint density at radius 1 is 1.25 bits per heavy atom. The summed E-state index contributed by atoms with van der Waals surface area (Å²) in [6.45, 7) is 4.02. The molecule has 0 heterocycles. The quantitative estimate of drug-likeness (QED) is 0.867. The Balaban J connectivity index is 1.95. The summed E-state index contributed by atoms with van der Waals surface area (Å²) in [5.74, 6) is -1.89. The summed E-state index contributed by atoms with van der Waals surface area (Å²) < 4.78 is 0. The van der Waals surface area contributed by atoms with Crippen LogP contribution in [0.1, 0.15) is 43.9 Å². The molecule has 2 rings (SSSR count). The van der Waals surface area contributed by atoms with Gasteiger partial charge in [0.1, 0.15) is 0 Å². The van der Waals surface area contributed by atoms with Gasteiger partial charge < -0.3 is 10.4 Å². The highest BCUT2D eigenvalue weighted by Gasteiger charge is 2.41. The molecule has 4 heteroatoms. The van der Waals surface area contributed by atoms with Gasteiger partial charge in [-0.1, -0.05) is 31.2 Å². The van der Waals surface area contributed by atoms with Crippen LogP contribution in [0.5, 0.6) is 0 Å². The molecule has 1 saturated carbocycles. The van der Waals surface area contributed by atoms with Gasteiger partial charge in [-0.15, -0.1) is 0 Å². The third-order valence-electron chi connectivity index (χ3n) is 4.18. The number of carbonyl (C=O) groups excluding carboxylic acids is 1. The van der Waals surface area contributed by atoms with Crippen LogP contribution in [-0.2, 0) is 16.0 Å². The minimum Gasteiger partial charge on any atom is -0.481 e. The summed E-state index contributed by atoms with van der Waals surface area (Å²) in [6, 6.07) is 8.05. The van der Waals surface area contributed by atoms with Crippen molar-refractivity contribution in [2.45, 2.75) is 39.2 Å². The standard InChI is InChI=1S/C16H21NO3/c1-3-11-4-6-12(7-5-11)10(2)17-15(18)13-8-9-14(13)16(19)20/h4-7,10,13-14H,3,8-9H2,1-2H3,(H,17,18)(H,19,20). The number of carboxylic acid groups (broad SMARTS) is 1. The zero-order valence-corrected chi connectivity index (χ0v) is 11.9. The maximum absolute atomic E-state index is 12.1. The average Bonchev–Trinajstić information content (AvgIpc) is 2.36. The maximum Gasteiger partial charge on any atom is 0.307 e. The van der Waals surface area contributed by atoms with Crippen LogP contribution in [0, 0.1) is 11.8 Å². The lowest BCUT2D eigenvalue weighted by molar-refractivity contribution is -0.152. The average molecular weight is 275 g/mol. The maximum atomic E-state index is 12.1. The van der Waals surface area contributed by atoms with Crippen LogP contribution < -0.4 is 5.32 Å². The van der Waals surface area contributed by atoms with Crippen molar-refractivity contribution in [3.63, 3.8) is 0 Å². The van der Waals surface area contributed by atoms with Gasteiger partial charge in [0.2, 0.25) is 5.91 Å². The monoisotopic (exact) mass is 275 g/mol.